The number of rotatable bonds is 7. The van der Waals surface area contributed by atoms with Crippen LogP contribution in [-0.2, 0) is 13.6 Å². The van der Waals surface area contributed by atoms with E-state index >= 15 is 0 Å². The fraction of sp³-hybridized carbons (Fsp3) is 0.750. The molecule has 0 fully saturated rings. The van der Waals surface area contributed by atoms with Crippen molar-refractivity contribution in [2.24, 2.45) is 7.05 Å². The van der Waals surface area contributed by atoms with Crippen molar-refractivity contribution in [1.82, 2.24) is 14.7 Å². The Labute approximate surface area is 97.9 Å². The molecule has 0 aromatic carbocycles. The zero-order valence-corrected chi connectivity index (χ0v) is 10.6. The molecule has 1 rings (SSSR count). The second-order valence-electron chi connectivity index (χ2n) is 4.46. The van der Waals surface area contributed by atoms with Crippen LogP contribution in [0.1, 0.15) is 31.7 Å². The number of hydrogen-bond donors (Lipinski definition) is 1. The lowest BCUT2D eigenvalue weighted by atomic mass is 10.1. The van der Waals surface area contributed by atoms with Gasteiger partial charge in [-0.25, -0.2) is 0 Å². The Kier molecular flexibility index (Phi) is 5.49. The second-order valence-corrected chi connectivity index (χ2v) is 4.46. The molecule has 1 aromatic rings. The SMILES string of the molecule is CCC(O)CCCN(C)Cc1cnn(C)c1. The highest BCUT2D eigenvalue weighted by molar-refractivity contribution is 5.02. The van der Waals surface area contributed by atoms with Crippen LogP contribution in [0.4, 0.5) is 0 Å². The first-order valence-electron chi connectivity index (χ1n) is 5.96. The smallest absolute Gasteiger partial charge is 0.0538 e. The van der Waals surface area contributed by atoms with Crippen LogP contribution in [0.5, 0.6) is 0 Å². The molecule has 0 bridgehead atoms. The maximum absolute atomic E-state index is 9.43. The quantitative estimate of drug-likeness (QED) is 0.762. The predicted molar refractivity (Wildman–Crippen MR) is 65.1 cm³/mol. The fourth-order valence-corrected chi connectivity index (χ4v) is 1.75. The van der Waals surface area contributed by atoms with E-state index in [0.717, 1.165) is 32.4 Å². The van der Waals surface area contributed by atoms with E-state index in [1.54, 1.807) is 0 Å². The molecule has 1 heterocycles. The van der Waals surface area contributed by atoms with Crippen molar-refractivity contribution in [1.29, 1.82) is 0 Å². The van der Waals surface area contributed by atoms with Crippen LogP contribution in [0.3, 0.4) is 0 Å². The van der Waals surface area contributed by atoms with Crippen LogP contribution in [0.25, 0.3) is 0 Å². The van der Waals surface area contributed by atoms with Crippen LogP contribution in [0, 0.1) is 0 Å². The Bertz CT molecular complexity index is 298. The third kappa shape index (κ3) is 4.77. The molecule has 0 amide bonds. The Morgan fingerprint density at radius 1 is 1.56 bits per heavy atom. The average Bonchev–Trinajstić information content (AvgIpc) is 2.63. The van der Waals surface area contributed by atoms with Gasteiger partial charge < -0.3 is 10.0 Å². The van der Waals surface area contributed by atoms with E-state index in [-0.39, 0.29) is 6.10 Å². The van der Waals surface area contributed by atoms with E-state index in [1.807, 2.05) is 31.0 Å². The van der Waals surface area contributed by atoms with Gasteiger partial charge in [-0.3, -0.25) is 4.68 Å². The van der Waals surface area contributed by atoms with Crippen molar-refractivity contribution < 1.29 is 5.11 Å². The van der Waals surface area contributed by atoms with Crippen molar-refractivity contribution in [3.8, 4) is 0 Å². The summed E-state index contributed by atoms with van der Waals surface area (Å²) in [5.41, 5.74) is 1.24. The summed E-state index contributed by atoms with van der Waals surface area (Å²) in [4.78, 5) is 2.26. The monoisotopic (exact) mass is 225 g/mol. The first-order chi connectivity index (χ1) is 7.61. The molecule has 1 N–H and O–H groups in total. The van der Waals surface area contributed by atoms with Gasteiger partial charge in [-0.2, -0.15) is 5.10 Å². The first-order valence-corrected chi connectivity index (χ1v) is 5.96. The lowest BCUT2D eigenvalue weighted by Crippen LogP contribution is -2.20. The third-order valence-corrected chi connectivity index (χ3v) is 2.76. The maximum Gasteiger partial charge on any atom is 0.0538 e. The summed E-state index contributed by atoms with van der Waals surface area (Å²) in [5, 5.41) is 13.6. The number of aliphatic hydroxyl groups is 1. The molecule has 92 valence electrons. The number of nitrogens with zero attached hydrogens (tertiary/aromatic N) is 3. The number of hydrogen-bond acceptors (Lipinski definition) is 3. The van der Waals surface area contributed by atoms with Crippen molar-refractivity contribution in [2.75, 3.05) is 13.6 Å². The van der Waals surface area contributed by atoms with Gasteiger partial charge >= 0.3 is 0 Å². The van der Waals surface area contributed by atoms with Crippen LogP contribution in [0.15, 0.2) is 12.4 Å². The van der Waals surface area contributed by atoms with Crippen molar-refractivity contribution in [2.45, 2.75) is 38.8 Å². The summed E-state index contributed by atoms with van der Waals surface area (Å²) >= 11 is 0. The third-order valence-electron chi connectivity index (χ3n) is 2.76. The van der Waals surface area contributed by atoms with E-state index in [0.29, 0.717) is 0 Å². The van der Waals surface area contributed by atoms with Crippen LogP contribution < -0.4 is 0 Å². The van der Waals surface area contributed by atoms with Crippen LogP contribution in [0.2, 0.25) is 0 Å². The van der Waals surface area contributed by atoms with Crippen molar-refractivity contribution in [3.63, 3.8) is 0 Å². The lowest BCUT2D eigenvalue weighted by Gasteiger charge is -2.16. The molecule has 0 aliphatic rings. The highest BCUT2D eigenvalue weighted by Gasteiger charge is 2.04. The lowest BCUT2D eigenvalue weighted by molar-refractivity contribution is 0.151. The van der Waals surface area contributed by atoms with Crippen LogP contribution >= 0.6 is 0 Å². The van der Waals surface area contributed by atoms with Crippen molar-refractivity contribution >= 4 is 0 Å². The summed E-state index contributed by atoms with van der Waals surface area (Å²) in [6.45, 7) is 3.96. The van der Waals surface area contributed by atoms with E-state index < -0.39 is 0 Å². The van der Waals surface area contributed by atoms with Crippen LogP contribution in [-0.4, -0.2) is 39.5 Å². The Morgan fingerprint density at radius 2 is 2.31 bits per heavy atom. The van der Waals surface area contributed by atoms with E-state index in [2.05, 4.69) is 17.0 Å². The Hall–Kier alpha value is -0.870. The van der Waals surface area contributed by atoms with Gasteiger partial charge in [0.05, 0.1) is 12.3 Å². The Morgan fingerprint density at radius 3 is 2.88 bits per heavy atom. The Balaban J connectivity index is 2.18. The molecular weight excluding hydrogens is 202 g/mol. The van der Waals surface area contributed by atoms with Crippen molar-refractivity contribution in [3.05, 3.63) is 18.0 Å². The number of aryl methyl sites for hydroxylation is 1. The van der Waals surface area contributed by atoms with Gasteiger partial charge in [-0.1, -0.05) is 6.92 Å². The molecule has 0 saturated heterocycles. The molecule has 0 spiro atoms. The molecular formula is C12H23N3O. The molecule has 0 saturated carbocycles. The zero-order chi connectivity index (χ0) is 12.0. The van der Waals surface area contributed by atoms with E-state index in [1.165, 1.54) is 5.56 Å². The largest absolute Gasteiger partial charge is 0.393 e. The highest BCUT2D eigenvalue weighted by atomic mass is 16.3. The standard InChI is InChI=1S/C12H23N3O/c1-4-12(16)6-5-7-14(2)9-11-8-13-15(3)10-11/h8,10,12,16H,4-7,9H2,1-3H3. The van der Waals surface area contributed by atoms with Gasteiger partial charge in [-0.15, -0.1) is 0 Å². The topological polar surface area (TPSA) is 41.3 Å². The van der Waals surface area contributed by atoms with E-state index in [9.17, 15) is 5.11 Å². The second kappa shape index (κ2) is 6.66. The molecule has 1 atom stereocenters. The number of aliphatic hydroxyl groups excluding tert-OH is 1. The van der Waals surface area contributed by atoms with Gasteiger partial charge in [0.1, 0.15) is 0 Å². The minimum absolute atomic E-state index is 0.133. The molecule has 0 aliphatic carbocycles. The predicted octanol–water partition coefficient (Wildman–Crippen LogP) is 1.40. The fourth-order valence-electron chi connectivity index (χ4n) is 1.75. The summed E-state index contributed by atoms with van der Waals surface area (Å²) in [6, 6.07) is 0. The minimum Gasteiger partial charge on any atom is -0.393 e. The summed E-state index contributed by atoms with van der Waals surface area (Å²) in [5.74, 6) is 0. The van der Waals surface area contributed by atoms with Gasteiger partial charge in [-0.05, 0) is 32.9 Å². The maximum atomic E-state index is 9.43. The molecule has 16 heavy (non-hydrogen) atoms. The summed E-state index contributed by atoms with van der Waals surface area (Å²) < 4.78 is 1.82. The van der Waals surface area contributed by atoms with Gasteiger partial charge in [0.2, 0.25) is 0 Å². The molecule has 1 unspecified atom stereocenters. The average molecular weight is 225 g/mol. The first kappa shape index (κ1) is 13.2. The van der Waals surface area contributed by atoms with Gasteiger partial charge in [0, 0.05) is 25.4 Å². The zero-order valence-electron chi connectivity index (χ0n) is 10.6. The highest BCUT2D eigenvalue weighted by Crippen LogP contribution is 2.05. The molecule has 1 aromatic heterocycles. The molecule has 0 aliphatic heterocycles. The van der Waals surface area contributed by atoms with Gasteiger partial charge in [0.15, 0.2) is 0 Å². The molecule has 0 radical (unpaired) electrons. The summed E-state index contributed by atoms with van der Waals surface area (Å²) in [7, 11) is 4.03. The minimum atomic E-state index is -0.133. The van der Waals surface area contributed by atoms with E-state index in [4.69, 9.17) is 0 Å². The molecule has 4 nitrogen and oxygen atoms in total. The molecule has 4 heteroatoms. The van der Waals surface area contributed by atoms with Gasteiger partial charge in [0.25, 0.3) is 0 Å². The summed E-state index contributed by atoms with van der Waals surface area (Å²) in [6.07, 6.45) is 6.60. The number of aromatic nitrogens is 2. The normalized spacial score (nSPS) is 13.3.